The highest BCUT2D eigenvalue weighted by Gasteiger charge is 2.39. The van der Waals surface area contributed by atoms with Gasteiger partial charge in [0.05, 0.1) is 17.1 Å². The summed E-state index contributed by atoms with van der Waals surface area (Å²) in [6, 6.07) is 15.2. The molecule has 0 aliphatic heterocycles. The van der Waals surface area contributed by atoms with Crippen molar-refractivity contribution in [3.8, 4) is 5.75 Å². The van der Waals surface area contributed by atoms with Gasteiger partial charge in [-0.3, -0.25) is 4.79 Å². The Morgan fingerprint density at radius 1 is 0.946 bits per heavy atom. The molecule has 0 spiro atoms. The maximum Gasteiger partial charge on any atom is 0.417 e. The zero-order valence-electron chi connectivity index (χ0n) is 19.5. The van der Waals surface area contributed by atoms with Gasteiger partial charge in [-0.1, -0.05) is 24.3 Å². The van der Waals surface area contributed by atoms with Crippen LogP contribution in [0.3, 0.4) is 0 Å². The van der Waals surface area contributed by atoms with Crippen LogP contribution in [0.4, 0.5) is 17.6 Å². The van der Waals surface area contributed by atoms with Crippen LogP contribution >= 0.6 is 0 Å². The van der Waals surface area contributed by atoms with E-state index in [1.807, 2.05) is 0 Å². The number of alkyl halides is 3. The fraction of sp³-hybridized carbons (Fsp3) is 0.192. The topological polar surface area (TPSA) is 79.5 Å². The quantitative estimate of drug-likeness (QED) is 0.304. The Kier molecular flexibility index (Phi) is 7.37. The molecular weight excluding hydrogens is 512 g/mol. The summed E-state index contributed by atoms with van der Waals surface area (Å²) in [7, 11) is -4.77. The smallest absolute Gasteiger partial charge is 0.417 e. The highest BCUT2D eigenvalue weighted by Crippen LogP contribution is 2.36. The van der Waals surface area contributed by atoms with E-state index in [-0.39, 0.29) is 5.56 Å². The number of fused-ring (bicyclic) bond motifs is 1. The first-order chi connectivity index (χ1) is 17.5. The molecule has 0 fully saturated rings. The molecule has 4 aromatic rings. The molecule has 1 heterocycles. The zero-order valence-corrected chi connectivity index (χ0v) is 20.4. The third-order valence-electron chi connectivity index (χ3n) is 5.63. The number of hydrogen-bond donors (Lipinski definition) is 1. The molecule has 6 nitrogen and oxygen atoms in total. The Balaban J connectivity index is 1.82. The average molecular weight is 535 g/mol. The largest absolute Gasteiger partial charge is 0.494 e. The lowest BCUT2D eigenvalue weighted by atomic mass is 10.1. The summed E-state index contributed by atoms with van der Waals surface area (Å²) in [5.41, 5.74) is -1.11. The number of ether oxygens (including phenoxy) is 1. The van der Waals surface area contributed by atoms with Crippen molar-refractivity contribution in [1.82, 2.24) is 9.29 Å². The van der Waals surface area contributed by atoms with Crippen LogP contribution in [-0.4, -0.2) is 24.3 Å². The van der Waals surface area contributed by atoms with Crippen molar-refractivity contribution in [3.63, 3.8) is 0 Å². The first-order valence-corrected chi connectivity index (χ1v) is 12.6. The fourth-order valence-corrected chi connectivity index (χ4v) is 5.50. The molecule has 0 atom stereocenters. The van der Waals surface area contributed by atoms with Crippen molar-refractivity contribution in [2.45, 2.75) is 31.1 Å². The molecule has 3 aromatic carbocycles. The highest BCUT2D eigenvalue weighted by molar-refractivity contribution is 7.89. The molecule has 37 heavy (non-hydrogen) atoms. The number of sulfonamides is 1. The minimum Gasteiger partial charge on any atom is -0.494 e. The molecule has 11 heteroatoms. The molecule has 0 radical (unpaired) electrons. The van der Waals surface area contributed by atoms with E-state index in [1.54, 1.807) is 25.1 Å². The van der Waals surface area contributed by atoms with Gasteiger partial charge >= 0.3 is 6.18 Å². The summed E-state index contributed by atoms with van der Waals surface area (Å²) in [4.78, 5) is 14.6. The number of aromatic nitrogens is 1. The standard InChI is InChI=1S/C26H22F4N2O4S/c1-2-36-21-11-12-23-18(14-21)13-19(25(33)31-23)16-32(15-17-7-9-20(27)10-8-17)37(34,35)24-6-4-3-5-22(24)26(28,29)30/h3-14H,2,15-16H2,1H3,(H,31,33). The molecule has 0 aliphatic carbocycles. The second-order valence-corrected chi connectivity index (χ2v) is 10.1. The summed E-state index contributed by atoms with van der Waals surface area (Å²) in [5, 5.41) is 0.551. The SMILES string of the molecule is CCOc1ccc2[nH]c(=O)c(CN(Cc3ccc(F)cc3)S(=O)(=O)c3ccccc3C(F)(F)F)cc2c1. The number of halogens is 4. The molecular formula is C26H22F4N2O4S. The first-order valence-electron chi connectivity index (χ1n) is 11.2. The van der Waals surface area contributed by atoms with Gasteiger partial charge in [0.1, 0.15) is 11.6 Å². The lowest BCUT2D eigenvalue weighted by Gasteiger charge is -2.24. The first kappa shape index (κ1) is 26.4. The van der Waals surface area contributed by atoms with Crippen molar-refractivity contribution in [3.05, 3.63) is 106 Å². The van der Waals surface area contributed by atoms with Crippen LogP contribution in [0.15, 0.2) is 82.5 Å². The average Bonchev–Trinajstić information content (AvgIpc) is 2.85. The Bertz CT molecular complexity index is 1580. The van der Waals surface area contributed by atoms with Gasteiger partial charge in [0.15, 0.2) is 0 Å². The third-order valence-corrected chi connectivity index (χ3v) is 7.48. The van der Waals surface area contributed by atoms with Crippen molar-refractivity contribution < 1.29 is 30.7 Å². The molecule has 4 rings (SSSR count). The summed E-state index contributed by atoms with van der Waals surface area (Å²) in [6.45, 7) is 1.28. The minimum atomic E-state index is -4.93. The van der Waals surface area contributed by atoms with Crippen LogP contribution in [0, 0.1) is 5.82 Å². The molecule has 0 aliphatic rings. The number of H-pyrrole nitrogens is 1. The number of nitrogens with zero attached hydrogens (tertiary/aromatic N) is 1. The lowest BCUT2D eigenvalue weighted by Crippen LogP contribution is -2.33. The third kappa shape index (κ3) is 5.83. The maximum atomic E-state index is 13.7. The fourth-order valence-electron chi connectivity index (χ4n) is 3.88. The number of benzene rings is 3. The van der Waals surface area contributed by atoms with E-state index in [0.717, 1.165) is 28.6 Å². The molecule has 0 bridgehead atoms. The molecule has 1 N–H and O–H groups in total. The van der Waals surface area contributed by atoms with Crippen LogP contribution in [0.1, 0.15) is 23.6 Å². The van der Waals surface area contributed by atoms with E-state index in [0.29, 0.717) is 34.9 Å². The van der Waals surface area contributed by atoms with Crippen molar-refractivity contribution in [1.29, 1.82) is 0 Å². The van der Waals surface area contributed by atoms with Crippen LogP contribution in [0.2, 0.25) is 0 Å². The normalized spacial score (nSPS) is 12.3. The second kappa shape index (κ2) is 10.3. The van der Waals surface area contributed by atoms with E-state index in [2.05, 4.69) is 4.98 Å². The minimum absolute atomic E-state index is 0.0105. The van der Waals surface area contributed by atoms with Gasteiger partial charge < -0.3 is 9.72 Å². The number of hydrogen-bond acceptors (Lipinski definition) is 4. The van der Waals surface area contributed by atoms with Gasteiger partial charge in [-0.2, -0.15) is 17.5 Å². The summed E-state index contributed by atoms with van der Waals surface area (Å²) < 4.78 is 88.0. The van der Waals surface area contributed by atoms with Gasteiger partial charge in [0, 0.05) is 29.6 Å². The van der Waals surface area contributed by atoms with Crippen molar-refractivity contribution in [2.75, 3.05) is 6.61 Å². The van der Waals surface area contributed by atoms with Crippen LogP contribution < -0.4 is 10.3 Å². The maximum absolute atomic E-state index is 13.7. The Hall–Kier alpha value is -3.70. The molecule has 194 valence electrons. The monoisotopic (exact) mass is 534 g/mol. The Morgan fingerprint density at radius 2 is 1.65 bits per heavy atom. The van der Waals surface area contributed by atoms with E-state index in [1.165, 1.54) is 24.3 Å². The van der Waals surface area contributed by atoms with E-state index < -0.39 is 51.1 Å². The highest BCUT2D eigenvalue weighted by atomic mass is 32.2. The Morgan fingerprint density at radius 3 is 2.32 bits per heavy atom. The predicted octanol–water partition coefficient (Wildman–Crippen LogP) is 5.48. The second-order valence-electron chi connectivity index (χ2n) is 8.20. The van der Waals surface area contributed by atoms with Crippen molar-refractivity contribution in [2.24, 2.45) is 0 Å². The van der Waals surface area contributed by atoms with E-state index >= 15 is 0 Å². The predicted molar refractivity (Wildman–Crippen MR) is 130 cm³/mol. The van der Waals surface area contributed by atoms with Crippen LogP contribution in [0.5, 0.6) is 5.75 Å². The number of pyridine rings is 1. The van der Waals surface area contributed by atoms with Crippen LogP contribution in [-0.2, 0) is 29.3 Å². The lowest BCUT2D eigenvalue weighted by molar-refractivity contribution is -0.139. The van der Waals surface area contributed by atoms with Gasteiger partial charge in [0.2, 0.25) is 10.0 Å². The molecule has 1 aromatic heterocycles. The summed E-state index contributed by atoms with van der Waals surface area (Å²) in [6.07, 6.45) is -4.93. The van der Waals surface area contributed by atoms with Gasteiger partial charge in [-0.25, -0.2) is 12.8 Å². The zero-order chi connectivity index (χ0) is 26.8. The van der Waals surface area contributed by atoms with Crippen LogP contribution in [0.25, 0.3) is 10.9 Å². The summed E-state index contributed by atoms with van der Waals surface area (Å²) in [5.74, 6) is -0.0282. The number of nitrogens with one attached hydrogen (secondary N) is 1. The molecule has 0 saturated carbocycles. The van der Waals surface area contributed by atoms with E-state index in [4.69, 9.17) is 4.74 Å². The summed E-state index contributed by atoms with van der Waals surface area (Å²) >= 11 is 0. The number of rotatable bonds is 8. The molecule has 0 amide bonds. The van der Waals surface area contributed by atoms with E-state index in [9.17, 15) is 30.8 Å². The van der Waals surface area contributed by atoms with Gasteiger partial charge in [-0.05, 0) is 61.0 Å². The molecule has 0 unspecified atom stereocenters. The molecule has 0 saturated heterocycles. The number of aromatic amines is 1. The van der Waals surface area contributed by atoms with Gasteiger partial charge in [-0.15, -0.1) is 0 Å². The van der Waals surface area contributed by atoms with Gasteiger partial charge in [0.25, 0.3) is 5.56 Å². The Labute approximate surface area is 210 Å². The van der Waals surface area contributed by atoms with Crippen molar-refractivity contribution >= 4 is 20.9 Å².